The molecule has 114 valence electrons. The monoisotopic (exact) mass is 302 g/mol. The second-order valence-electron chi connectivity index (χ2n) is 5.25. The van der Waals surface area contributed by atoms with E-state index in [2.05, 4.69) is 5.32 Å². The quantitative estimate of drug-likeness (QED) is 0.754. The Balaban J connectivity index is 1.79. The van der Waals surface area contributed by atoms with Crippen LogP contribution in [0.1, 0.15) is 19.3 Å². The highest BCUT2D eigenvalue weighted by Gasteiger charge is 2.27. The number of carbonyl (C=O) groups excluding carboxylic acids is 1. The molecule has 0 aromatic heterocycles. The lowest BCUT2D eigenvalue weighted by Gasteiger charge is -2.34. The minimum atomic E-state index is -0.799. The fraction of sp³-hybridized carbons (Fsp3) is 0.846. The number of ether oxygens (including phenoxy) is 1. The SMILES string of the molecule is O=C(O)CC1CSCCN1CC(=O)NC1CCOCC1. The van der Waals surface area contributed by atoms with Crippen molar-refractivity contribution in [1.82, 2.24) is 10.2 Å². The van der Waals surface area contributed by atoms with Crippen LogP contribution in [0.25, 0.3) is 0 Å². The summed E-state index contributed by atoms with van der Waals surface area (Å²) in [5, 5.41) is 12.0. The first-order valence-corrected chi connectivity index (χ1v) is 8.21. The van der Waals surface area contributed by atoms with Gasteiger partial charge in [-0.3, -0.25) is 14.5 Å². The van der Waals surface area contributed by atoms with Gasteiger partial charge in [0.15, 0.2) is 0 Å². The Kier molecular flexibility index (Phi) is 6.12. The zero-order valence-electron chi connectivity index (χ0n) is 11.5. The maximum atomic E-state index is 12.1. The van der Waals surface area contributed by atoms with Crippen LogP contribution in [0.15, 0.2) is 0 Å². The van der Waals surface area contributed by atoms with Gasteiger partial charge >= 0.3 is 5.97 Å². The second-order valence-corrected chi connectivity index (χ2v) is 6.40. The first kappa shape index (κ1) is 15.6. The third kappa shape index (κ3) is 4.96. The van der Waals surface area contributed by atoms with E-state index in [1.807, 2.05) is 4.90 Å². The van der Waals surface area contributed by atoms with Crippen molar-refractivity contribution in [1.29, 1.82) is 0 Å². The molecule has 0 saturated carbocycles. The topological polar surface area (TPSA) is 78.9 Å². The average Bonchev–Trinajstić information content (AvgIpc) is 2.41. The molecule has 0 radical (unpaired) electrons. The number of nitrogens with zero attached hydrogens (tertiary/aromatic N) is 1. The number of thioether (sulfide) groups is 1. The van der Waals surface area contributed by atoms with Crippen LogP contribution in [-0.4, -0.2) is 71.8 Å². The number of carboxylic acids is 1. The molecule has 20 heavy (non-hydrogen) atoms. The molecule has 2 fully saturated rings. The minimum Gasteiger partial charge on any atom is -0.481 e. The Morgan fingerprint density at radius 1 is 1.35 bits per heavy atom. The Morgan fingerprint density at radius 2 is 2.10 bits per heavy atom. The summed E-state index contributed by atoms with van der Waals surface area (Å²) in [6.07, 6.45) is 1.83. The third-order valence-electron chi connectivity index (χ3n) is 3.69. The summed E-state index contributed by atoms with van der Waals surface area (Å²) in [4.78, 5) is 24.9. The maximum absolute atomic E-state index is 12.1. The van der Waals surface area contributed by atoms with Crippen molar-refractivity contribution in [3.8, 4) is 0 Å². The van der Waals surface area contributed by atoms with Crippen LogP contribution in [0.4, 0.5) is 0 Å². The Morgan fingerprint density at radius 3 is 2.80 bits per heavy atom. The van der Waals surface area contributed by atoms with Crippen LogP contribution in [0.2, 0.25) is 0 Å². The van der Waals surface area contributed by atoms with Gasteiger partial charge < -0.3 is 15.2 Å². The summed E-state index contributed by atoms with van der Waals surface area (Å²) in [5.41, 5.74) is 0. The van der Waals surface area contributed by atoms with Crippen molar-refractivity contribution in [2.24, 2.45) is 0 Å². The summed E-state index contributed by atoms with van der Waals surface area (Å²) < 4.78 is 5.26. The van der Waals surface area contributed by atoms with E-state index in [9.17, 15) is 9.59 Å². The van der Waals surface area contributed by atoms with Gasteiger partial charge in [-0.2, -0.15) is 11.8 Å². The molecule has 2 aliphatic heterocycles. The molecule has 0 bridgehead atoms. The fourth-order valence-corrected chi connectivity index (χ4v) is 3.72. The lowest BCUT2D eigenvalue weighted by Crippen LogP contribution is -2.50. The Labute approximate surface area is 123 Å². The molecule has 1 atom stereocenters. The van der Waals surface area contributed by atoms with Crippen molar-refractivity contribution in [2.75, 3.05) is 37.8 Å². The zero-order valence-corrected chi connectivity index (χ0v) is 12.4. The van der Waals surface area contributed by atoms with Gasteiger partial charge in [-0.1, -0.05) is 0 Å². The molecular formula is C13H22N2O4S. The van der Waals surface area contributed by atoms with E-state index < -0.39 is 5.97 Å². The van der Waals surface area contributed by atoms with E-state index in [1.54, 1.807) is 11.8 Å². The number of hydrogen-bond acceptors (Lipinski definition) is 5. The molecule has 0 aliphatic carbocycles. The lowest BCUT2D eigenvalue weighted by atomic mass is 10.1. The minimum absolute atomic E-state index is 0.000751. The standard InChI is InChI=1S/C13H22N2O4S/c16-12(14-10-1-4-19-5-2-10)8-15-3-6-20-9-11(15)7-13(17)18/h10-11H,1-9H2,(H,14,16)(H,17,18). The van der Waals surface area contributed by atoms with Gasteiger partial charge in [-0.25, -0.2) is 0 Å². The van der Waals surface area contributed by atoms with E-state index in [-0.39, 0.29) is 24.4 Å². The molecule has 2 rings (SSSR count). The first-order valence-electron chi connectivity index (χ1n) is 7.06. The van der Waals surface area contributed by atoms with Crippen molar-refractivity contribution in [2.45, 2.75) is 31.3 Å². The van der Waals surface area contributed by atoms with Crippen LogP contribution in [-0.2, 0) is 14.3 Å². The molecule has 2 N–H and O–H groups in total. The summed E-state index contributed by atoms with van der Waals surface area (Å²) in [6.45, 7) is 2.49. The average molecular weight is 302 g/mol. The molecule has 2 saturated heterocycles. The van der Waals surface area contributed by atoms with Crippen LogP contribution in [0.5, 0.6) is 0 Å². The van der Waals surface area contributed by atoms with Gasteiger partial charge in [0.25, 0.3) is 0 Å². The predicted molar refractivity (Wildman–Crippen MR) is 76.9 cm³/mol. The highest BCUT2D eigenvalue weighted by molar-refractivity contribution is 7.99. The molecule has 2 heterocycles. The van der Waals surface area contributed by atoms with Gasteiger partial charge in [0, 0.05) is 43.3 Å². The Bertz CT molecular complexity index is 347. The van der Waals surface area contributed by atoms with Crippen LogP contribution in [0, 0.1) is 0 Å². The lowest BCUT2D eigenvalue weighted by molar-refractivity contribution is -0.139. The number of nitrogens with one attached hydrogen (secondary N) is 1. The molecule has 0 aromatic carbocycles. The van der Waals surface area contributed by atoms with Crippen LogP contribution in [0.3, 0.4) is 0 Å². The highest BCUT2D eigenvalue weighted by Crippen LogP contribution is 2.18. The van der Waals surface area contributed by atoms with E-state index in [0.717, 1.165) is 30.9 Å². The Hall–Kier alpha value is -0.790. The molecule has 2 aliphatic rings. The van der Waals surface area contributed by atoms with Gasteiger partial charge in [-0.15, -0.1) is 0 Å². The smallest absolute Gasteiger partial charge is 0.304 e. The molecule has 0 aromatic rings. The largest absolute Gasteiger partial charge is 0.481 e. The summed E-state index contributed by atoms with van der Waals surface area (Å²) in [6, 6.07) is 0.167. The fourth-order valence-electron chi connectivity index (χ4n) is 2.59. The normalized spacial score (nSPS) is 25.3. The van der Waals surface area contributed by atoms with Gasteiger partial charge in [-0.05, 0) is 12.8 Å². The number of aliphatic carboxylic acids is 1. The third-order valence-corrected chi connectivity index (χ3v) is 4.78. The zero-order chi connectivity index (χ0) is 14.4. The second kappa shape index (κ2) is 7.85. The highest BCUT2D eigenvalue weighted by atomic mass is 32.2. The van der Waals surface area contributed by atoms with E-state index in [4.69, 9.17) is 9.84 Å². The summed E-state index contributed by atoms with van der Waals surface area (Å²) in [5.74, 6) is 0.948. The molecule has 6 nitrogen and oxygen atoms in total. The van der Waals surface area contributed by atoms with Crippen molar-refractivity contribution < 1.29 is 19.4 Å². The van der Waals surface area contributed by atoms with Crippen molar-refractivity contribution >= 4 is 23.6 Å². The van der Waals surface area contributed by atoms with Gasteiger partial charge in [0.2, 0.25) is 5.91 Å². The van der Waals surface area contributed by atoms with Crippen LogP contribution >= 0.6 is 11.8 Å². The predicted octanol–water partition coefficient (Wildman–Crippen LogP) is 0.174. The number of carboxylic acid groups (broad SMARTS) is 1. The van der Waals surface area contributed by atoms with E-state index in [1.165, 1.54) is 0 Å². The number of amides is 1. The van der Waals surface area contributed by atoms with E-state index >= 15 is 0 Å². The maximum Gasteiger partial charge on any atom is 0.304 e. The van der Waals surface area contributed by atoms with Crippen molar-refractivity contribution in [3.05, 3.63) is 0 Å². The van der Waals surface area contributed by atoms with Gasteiger partial charge in [0.1, 0.15) is 0 Å². The molecule has 0 spiro atoms. The molecular weight excluding hydrogens is 280 g/mol. The number of rotatable bonds is 5. The van der Waals surface area contributed by atoms with Crippen molar-refractivity contribution in [3.63, 3.8) is 0 Å². The number of carbonyl (C=O) groups is 2. The summed E-state index contributed by atoms with van der Waals surface area (Å²) >= 11 is 1.76. The first-order chi connectivity index (χ1) is 9.65. The molecule has 1 unspecified atom stereocenters. The number of hydrogen-bond donors (Lipinski definition) is 2. The molecule has 7 heteroatoms. The molecule has 1 amide bonds. The van der Waals surface area contributed by atoms with Crippen LogP contribution < -0.4 is 5.32 Å². The van der Waals surface area contributed by atoms with E-state index in [0.29, 0.717) is 19.8 Å². The summed E-state index contributed by atoms with van der Waals surface area (Å²) in [7, 11) is 0. The van der Waals surface area contributed by atoms with Gasteiger partial charge in [0.05, 0.1) is 13.0 Å².